The second-order valence-electron chi connectivity index (χ2n) is 16.3. The molecule has 0 aromatic heterocycles. The van der Waals surface area contributed by atoms with Crippen LogP contribution in [0.4, 0.5) is 0 Å². The van der Waals surface area contributed by atoms with Crippen LogP contribution in [0.5, 0.6) is 0 Å². The summed E-state index contributed by atoms with van der Waals surface area (Å²) in [6.07, 6.45) is 65.5. The smallest absolute Gasteiger partial charge is 0.306 e. The molecule has 0 amide bonds. The van der Waals surface area contributed by atoms with E-state index in [-0.39, 0.29) is 37.5 Å². The lowest BCUT2D eigenvalue weighted by Gasteiger charge is -2.18. The summed E-state index contributed by atoms with van der Waals surface area (Å²) in [6, 6.07) is 0. The standard InChI is InChI=1S/C56H92O6/c1-4-7-10-13-16-19-21-23-25-27-28-29-31-32-34-37-40-43-46-49-55(58)61-52-53(51-60-54(57)48-45-42-39-36-18-15-12-9-6-3)62-56(59)50-47-44-41-38-35-33-30-26-24-22-20-17-14-11-8-5-2/h7-8,10-11,16-17,19-20,23-26,33,35-36,39,53H,4-6,9,12-15,18,21-22,27-32,34,37-38,40-52H2,1-3H3/b10-7-,11-8-,19-16-,20-17-,25-23-,26-24-,35-33-,39-36-. The van der Waals surface area contributed by atoms with Gasteiger partial charge in [0.05, 0.1) is 0 Å². The number of ether oxygens (including phenoxy) is 3. The SMILES string of the molecule is CC/C=C\C/C=C\C/C=C\C/C=C\CCCCCC(=O)OC(COC(=O)CCC/C=C\CCCCCC)COC(=O)CCCCCCCCCCC/C=C\C/C=C\C/C=C\CC. The van der Waals surface area contributed by atoms with Crippen LogP contribution in [-0.4, -0.2) is 37.2 Å². The number of allylic oxidation sites excluding steroid dienone is 16. The summed E-state index contributed by atoms with van der Waals surface area (Å²) < 4.78 is 16.7. The van der Waals surface area contributed by atoms with E-state index in [9.17, 15) is 14.4 Å². The van der Waals surface area contributed by atoms with E-state index in [1.807, 2.05) is 0 Å². The number of unbranched alkanes of at least 4 members (excludes halogenated alkanes) is 17. The van der Waals surface area contributed by atoms with Crippen LogP contribution < -0.4 is 0 Å². The molecule has 0 aromatic carbocycles. The van der Waals surface area contributed by atoms with Crippen molar-refractivity contribution in [3.05, 3.63) is 97.2 Å². The molecule has 0 heterocycles. The van der Waals surface area contributed by atoms with Crippen LogP contribution >= 0.6 is 0 Å². The molecule has 0 aliphatic carbocycles. The Kier molecular flexibility index (Phi) is 47.0. The van der Waals surface area contributed by atoms with Gasteiger partial charge in [-0.25, -0.2) is 0 Å². The third-order valence-corrected chi connectivity index (χ3v) is 10.3. The Bertz CT molecular complexity index is 1260. The topological polar surface area (TPSA) is 78.9 Å². The summed E-state index contributed by atoms with van der Waals surface area (Å²) in [5.41, 5.74) is 0. The summed E-state index contributed by atoms with van der Waals surface area (Å²) in [5, 5.41) is 0. The number of hydrogen-bond donors (Lipinski definition) is 0. The Hall–Kier alpha value is -3.67. The van der Waals surface area contributed by atoms with Gasteiger partial charge in [0, 0.05) is 19.3 Å². The van der Waals surface area contributed by atoms with Gasteiger partial charge < -0.3 is 14.2 Å². The average Bonchev–Trinajstić information content (AvgIpc) is 3.27. The Balaban J connectivity index is 4.40. The maximum Gasteiger partial charge on any atom is 0.306 e. The zero-order chi connectivity index (χ0) is 45.1. The summed E-state index contributed by atoms with van der Waals surface area (Å²) in [5.74, 6) is -0.982. The van der Waals surface area contributed by atoms with Gasteiger partial charge in [0.2, 0.25) is 0 Å². The van der Waals surface area contributed by atoms with Crippen molar-refractivity contribution in [1.29, 1.82) is 0 Å². The van der Waals surface area contributed by atoms with E-state index in [0.717, 1.165) is 103 Å². The van der Waals surface area contributed by atoms with Gasteiger partial charge in [-0.05, 0) is 109 Å². The van der Waals surface area contributed by atoms with E-state index in [2.05, 4.69) is 118 Å². The van der Waals surface area contributed by atoms with Crippen LogP contribution in [0.25, 0.3) is 0 Å². The lowest BCUT2D eigenvalue weighted by Crippen LogP contribution is -2.30. The first-order valence-electron chi connectivity index (χ1n) is 25.2. The molecular weight excluding hydrogens is 769 g/mol. The highest BCUT2D eigenvalue weighted by atomic mass is 16.6. The zero-order valence-electron chi connectivity index (χ0n) is 40.1. The summed E-state index contributed by atoms with van der Waals surface area (Å²) in [6.45, 7) is 6.31. The van der Waals surface area contributed by atoms with Gasteiger partial charge in [-0.2, -0.15) is 0 Å². The second-order valence-corrected chi connectivity index (χ2v) is 16.3. The molecule has 352 valence electrons. The first-order chi connectivity index (χ1) is 30.5. The molecule has 0 aromatic rings. The Morgan fingerprint density at radius 2 is 0.645 bits per heavy atom. The molecule has 0 fully saturated rings. The van der Waals surface area contributed by atoms with Gasteiger partial charge >= 0.3 is 17.9 Å². The third kappa shape index (κ3) is 47.4. The van der Waals surface area contributed by atoms with Crippen molar-refractivity contribution in [3.8, 4) is 0 Å². The molecule has 0 aliphatic rings. The van der Waals surface area contributed by atoms with Gasteiger partial charge in [-0.3, -0.25) is 14.4 Å². The predicted molar refractivity (Wildman–Crippen MR) is 265 cm³/mol. The first-order valence-corrected chi connectivity index (χ1v) is 25.2. The van der Waals surface area contributed by atoms with Crippen LogP contribution in [0, 0.1) is 0 Å². The summed E-state index contributed by atoms with van der Waals surface area (Å²) in [7, 11) is 0. The van der Waals surface area contributed by atoms with Gasteiger partial charge in [-0.15, -0.1) is 0 Å². The highest BCUT2D eigenvalue weighted by molar-refractivity contribution is 5.71. The van der Waals surface area contributed by atoms with E-state index in [4.69, 9.17) is 14.2 Å². The molecule has 1 unspecified atom stereocenters. The number of carbonyl (C=O) groups is 3. The Morgan fingerprint density at radius 1 is 0.339 bits per heavy atom. The first kappa shape index (κ1) is 58.3. The molecule has 0 N–H and O–H groups in total. The fourth-order valence-electron chi connectivity index (χ4n) is 6.57. The number of carbonyl (C=O) groups excluding carboxylic acids is 3. The van der Waals surface area contributed by atoms with Crippen molar-refractivity contribution in [2.45, 2.75) is 226 Å². The zero-order valence-corrected chi connectivity index (χ0v) is 40.1. The minimum atomic E-state index is -0.807. The van der Waals surface area contributed by atoms with Crippen molar-refractivity contribution in [1.82, 2.24) is 0 Å². The fraction of sp³-hybridized carbons (Fsp3) is 0.661. The number of esters is 3. The van der Waals surface area contributed by atoms with E-state index in [1.54, 1.807) is 0 Å². The number of rotatable bonds is 44. The van der Waals surface area contributed by atoms with Crippen LogP contribution in [-0.2, 0) is 28.6 Å². The second kappa shape index (κ2) is 50.0. The highest BCUT2D eigenvalue weighted by Crippen LogP contribution is 2.13. The van der Waals surface area contributed by atoms with Crippen molar-refractivity contribution in [2.24, 2.45) is 0 Å². The van der Waals surface area contributed by atoms with Crippen LogP contribution in [0.1, 0.15) is 220 Å². The van der Waals surface area contributed by atoms with E-state index < -0.39 is 6.10 Å². The number of hydrogen-bond acceptors (Lipinski definition) is 6. The van der Waals surface area contributed by atoms with Crippen molar-refractivity contribution in [2.75, 3.05) is 13.2 Å². The fourth-order valence-corrected chi connectivity index (χ4v) is 6.57. The molecule has 6 nitrogen and oxygen atoms in total. The summed E-state index contributed by atoms with van der Waals surface area (Å²) in [4.78, 5) is 37.9. The average molecular weight is 861 g/mol. The minimum Gasteiger partial charge on any atom is -0.462 e. The third-order valence-electron chi connectivity index (χ3n) is 10.3. The van der Waals surface area contributed by atoms with Crippen molar-refractivity contribution in [3.63, 3.8) is 0 Å². The van der Waals surface area contributed by atoms with Crippen LogP contribution in [0.15, 0.2) is 97.2 Å². The van der Waals surface area contributed by atoms with Crippen LogP contribution in [0.3, 0.4) is 0 Å². The lowest BCUT2D eigenvalue weighted by molar-refractivity contribution is -0.167. The van der Waals surface area contributed by atoms with E-state index in [1.165, 1.54) is 70.6 Å². The largest absolute Gasteiger partial charge is 0.462 e. The van der Waals surface area contributed by atoms with Gasteiger partial charge in [0.1, 0.15) is 13.2 Å². The van der Waals surface area contributed by atoms with Crippen molar-refractivity contribution >= 4 is 17.9 Å². The molecular formula is C56H92O6. The Morgan fingerprint density at radius 3 is 1.08 bits per heavy atom. The normalized spacial score (nSPS) is 12.9. The monoisotopic (exact) mass is 861 g/mol. The molecule has 0 aliphatic heterocycles. The molecule has 0 bridgehead atoms. The minimum absolute atomic E-state index is 0.103. The molecule has 0 spiro atoms. The Labute approximate surface area is 381 Å². The molecule has 0 saturated heterocycles. The van der Waals surface area contributed by atoms with Crippen LogP contribution in [0.2, 0.25) is 0 Å². The van der Waals surface area contributed by atoms with E-state index >= 15 is 0 Å². The lowest BCUT2D eigenvalue weighted by atomic mass is 10.1. The summed E-state index contributed by atoms with van der Waals surface area (Å²) >= 11 is 0. The van der Waals surface area contributed by atoms with E-state index in [0.29, 0.717) is 19.3 Å². The van der Waals surface area contributed by atoms with Gasteiger partial charge in [0.15, 0.2) is 6.10 Å². The predicted octanol–water partition coefficient (Wildman–Crippen LogP) is 16.6. The highest BCUT2D eigenvalue weighted by Gasteiger charge is 2.19. The van der Waals surface area contributed by atoms with Gasteiger partial charge in [-0.1, -0.05) is 189 Å². The molecule has 6 heteroatoms. The molecule has 0 saturated carbocycles. The maximum absolute atomic E-state index is 12.8. The van der Waals surface area contributed by atoms with Crippen molar-refractivity contribution < 1.29 is 28.6 Å². The maximum atomic E-state index is 12.8. The molecule has 0 rings (SSSR count). The molecule has 0 radical (unpaired) electrons. The quantitative estimate of drug-likeness (QED) is 0.0263. The molecule has 62 heavy (non-hydrogen) atoms. The molecule has 1 atom stereocenters. The van der Waals surface area contributed by atoms with Gasteiger partial charge in [0.25, 0.3) is 0 Å².